The fraction of sp³-hybridized carbons (Fsp3) is 0.227. The van der Waals surface area contributed by atoms with Gasteiger partial charge in [-0.05, 0) is 24.3 Å². The summed E-state index contributed by atoms with van der Waals surface area (Å²) < 4.78 is 13.8. The Morgan fingerprint density at radius 3 is 2.59 bits per heavy atom. The third kappa shape index (κ3) is 4.51. The number of carbonyl (C=O) groups is 1. The van der Waals surface area contributed by atoms with Crippen LogP contribution in [0.2, 0.25) is 0 Å². The van der Waals surface area contributed by atoms with Crippen LogP contribution in [0.3, 0.4) is 0 Å². The van der Waals surface area contributed by atoms with E-state index in [4.69, 9.17) is 0 Å². The minimum atomic E-state index is -0.258. The van der Waals surface area contributed by atoms with Gasteiger partial charge in [0.15, 0.2) is 0 Å². The number of piperazine rings is 1. The lowest BCUT2D eigenvalue weighted by atomic mass is 10.2. The van der Waals surface area contributed by atoms with Crippen molar-refractivity contribution in [3.05, 3.63) is 84.1 Å². The van der Waals surface area contributed by atoms with Crippen LogP contribution in [0.15, 0.2) is 67.1 Å². The molecular formula is C22H22FN5O. The van der Waals surface area contributed by atoms with Crippen molar-refractivity contribution in [2.24, 2.45) is 0 Å². The topological polar surface area (TPSA) is 61.4 Å². The molecule has 1 aromatic carbocycles. The van der Waals surface area contributed by atoms with Crippen LogP contribution in [-0.4, -0.2) is 47.0 Å². The first-order valence-corrected chi connectivity index (χ1v) is 9.58. The Morgan fingerprint density at radius 2 is 1.83 bits per heavy atom. The first-order valence-electron chi connectivity index (χ1n) is 9.58. The number of pyridine rings is 2. The van der Waals surface area contributed by atoms with Gasteiger partial charge in [0.1, 0.15) is 11.6 Å². The zero-order chi connectivity index (χ0) is 20.1. The van der Waals surface area contributed by atoms with Crippen molar-refractivity contribution in [1.29, 1.82) is 0 Å². The SMILES string of the molecule is O=C(c1cncc(NCc2ccccc2F)c1)N1CCN(c2ccccn2)CC1. The second-order valence-electron chi connectivity index (χ2n) is 6.87. The van der Waals surface area contributed by atoms with Gasteiger partial charge in [0.25, 0.3) is 5.91 Å². The van der Waals surface area contributed by atoms with E-state index in [1.54, 1.807) is 42.9 Å². The number of hydrogen-bond donors (Lipinski definition) is 1. The lowest BCUT2D eigenvalue weighted by molar-refractivity contribution is 0.0746. The van der Waals surface area contributed by atoms with E-state index in [2.05, 4.69) is 20.2 Å². The third-order valence-electron chi connectivity index (χ3n) is 4.97. The van der Waals surface area contributed by atoms with Crippen molar-refractivity contribution >= 4 is 17.4 Å². The molecule has 148 valence electrons. The molecule has 0 bridgehead atoms. The summed E-state index contributed by atoms with van der Waals surface area (Å²) in [7, 11) is 0. The van der Waals surface area contributed by atoms with Gasteiger partial charge in [-0.3, -0.25) is 9.78 Å². The monoisotopic (exact) mass is 391 g/mol. The van der Waals surface area contributed by atoms with E-state index < -0.39 is 0 Å². The Labute approximate surface area is 169 Å². The molecule has 1 amide bonds. The highest BCUT2D eigenvalue weighted by Gasteiger charge is 2.23. The molecule has 3 heterocycles. The molecule has 1 fully saturated rings. The van der Waals surface area contributed by atoms with E-state index in [9.17, 15) is 9.18 Å². The minimum Gasteiger partial charge on any atom is -0.380 e. The molecule has 1 aliphatic heterocycles. The van der Waals surface area contributed by atoms with Crippen molar-refractivity contribution in [1.82, 2.24) is 14.9 Å². The standard InChI is InChI=1S/C22H22FN5O/c23-20-6-2-1-5-17(20)15-26-19-13-18(14-24-16-19)22(29)28-11-9-27(10-12-28)21-7-3-4-8-25-21/h1-8,13-14,16,26H,9-12,15H2. The van der Waals surface area contributed by atoms with Gasteiger partial charge in [-0.1, -0.05) is 24.3 Å². The van der Waals surface area contributed by atoms with Crippen LogP contribution >= 0.6 is 0 Å². The summed E-state index contributed by atoms with van der Waals surface area (Å²) in [6.45, 7) is 3.06. The summed E-state index contributed by atoms with van der Waals surface area (Å²) in [5.74, 6) is 0.624. The molecule has 6 nitrogen and oxygen atoms in total. The number of rotatable bonds is 5. The Hall–Kier alpha value is -3.48. The molecule has 3 aromatic rings. The van der Waals surface area contributed by atoms with Gasteiger partial charge in [0.2, 0.25) is 0 Å². The number of halogens is 1. The highest BCUT2D eigenvalue weighted by molar-refractivity contribution is 5.94. The number of benzene rings is 1. The maximum Gasteiger partial charge on any atom is 0.255 e. The highest BCUT2D eigenvalue weighted by Crippen LogP contribution is 2.17. The Balaban J connectivity index is 1.37. The van der Waals surface area contributed by atoms with E-state index in [1.807, 2.05) is 23.1 Å². The fourth-order valence-corrected chi connectivity index (χ4v) is 3.35. The quantitative estimate of drug-likeness (QED) is 0.724. The van der Waals surface area contributed by atoms with Crippen molar-refractivity contribution < 1.29 is 9.18 Å². The van der Waals surface area contributed by atoms with E-state index in [-0.39, 0.29) is 11.7 Å². The Bertz CT molecular complexity index is 974. The molecule has 1 aliphatic rings. The van der Waals surface area contributed by atoms with E-state index >= 15 is 0 Å². The van der Waals surface area contributed by atoms with Gasteiger partial charge in [-0.25, -0.2) is 9.37 Å². The first-order chi connectivity index (χ1) is 14.2. The zero-order valence-corrected chi connectivity index (χ0v) is 16.0. The first kappa shape index (κ1) is 18.9. The predicted molar refractivity (Wildman–Crippen MR) is 110 cm³/mol. The van der Waals surface area contributed by atoms with Gasteiger partial charge in [-0.15, -0.1) is 0 Å². The van der Waals surface area contributed by atoms with Gasteiger partial charge in [0.05, 0.1) is 11.3 Å². The molecule has 1 N–H and O–H groups in total. The van der Waals surface area contributed by atoms with E-state index in [1.165, 1.54) is 6.07 Å². The van der Waals surface area contributed by atoms with Crippen LogP contribution in [0.5, 0.6) is 0 Å². The molecule has 29 heavy (non-hydrogen) atoms. The second-order valence-corrected chi connectivity index (χ2v) is 6.87. The third-order valence-corrected chi connectivity index (χ3v) is 4.97. The molecule has 7 heteroatoms. The average Bonchev–Trinajstić information content (AvgIpc) is 2.79. The summed E-state index contributed by atoms with van der Waals surface area (Å²) in [5.41, 5.74) is 1.77. The van der Waals surface area contributed by atoms with Crippen molar-refractivity contribution in [3.8, 4) is 0 Å². The number of nitrogens with zero attached hydrogens (tertiary/aromatic N) is 4. The summed E-state index contributed by atoms with van der Waals surface area (Å²) >= 11 is 0. The van der Waals surface area contributed by atoms with Gasteiger partial charge in [0, 0.05) is 56.9 Å². The summed E-state index contributed by atoms with van der Waals surface area (Å²) in [4.78, 5) is 25.4. The number of aromatic nitrogens is 2. The Kier molecular flexibility index (Phi) is 5.65. The van der Waals surface area contributed by atoms with E-state index in [0.717, 1.165) is 18.9 Å². The normalized spacial score (nSPS) is 14.0. The molecule has 0 radical (unpaired) electrons. The van der Waals surface area contributed by atoms with Crippen LogP contribution in [-0.2, 0) is 6.54 Å². The number of amides is 1. The molecule has 0 atom stereocenters. The summed E-state index contributed by atoms with van der Waals surface area (Å²) in [6, 6.07) is 14.2. The molecular weight excluding hydrogens is 369 g/mol. The van der Waals surface area contributed by atoms with Crippen LogP contribution in [0.1, 0.15) is 15.9 Å². The summed E-state index contributed by atoms with van der Waals surface area (Å²) in [5, 5.41) is 3.14. The van der Waals surface area contributed by atoms with Crippen molar-refractivity contribution in [2.45, 2.75) is 6.54 Å². The van der Waals surface area contributed by atoms with Gasteiger partial charge >= 0.3 is 0 Å². The molecule has 4 rings (SSSR count). The highest BCUT2D eigenvalue weighted by atomic mass is 19.1. The van der Waals surface area contributed by atoms with Crippen molar-refractivity contribution in [3.63, 3.8) is 0 Å². The molecule has 0 saturated carbocycles. The van der Waals surface area contributed by atoms with E-state index in [0.29, 0.717) is 36.4 Å². The minimum absolute atomic E-state index is 0.0484. The zero-order valence-electron chi connectivity index (χ0n) is 16.0. The molecule has 0 unspecified atom stereocenters. The maximum atomic E-state index is 13.8. The predicted octanol–water partition coefficient (Wildman–Crippen LogP) is 3.19. The second kappa shape index (κ2) is 8.68. The van der Waals surface area contributed by atoms with Crippen molar-refractivity contribution in [2.75, 3.05) is 36.4 Å². The number of hydrogen-bond acceptors (Lipinski definition) is 5. The molecule has 2 aromatic heterocycles. The number of anilines is 2. The smallest absolute Gasteiger partial charge is 0.255 e. The van der Waals surface area contributed by atoms with Crippen LogP contribution < -0.4 is 10.2 Å². The lowest BCUT2D eigenvalue weighted by Gasteiger charge is -2.35. The molecule has 1 saturated heterocycles. The maximum absolute atomic E-state index is 13.8. The van der Waals surface area contributed by atoms with Gasteiger partial charge in [-0.2, -0.15) is 0 Å². The largest absolute Gasteiger partial charge is 0.380 e. The molecule has 0 spiro atoms. The van der Waals surface area contributed by atoms with Crippen LogP contribution in [0.4, 0.5) is 15.9 Å². The Morgan fingerprint density at radius 1 is 1.03 bits per heavy atom. The van der Waals surface area contributed by atoms with Crippen LogP contribution in [0.25, 0.3) is 0 Å². The van der Waals surface area contributed by atoms with Gasteiger partial charge < -0.3 is 15.1 Å². The molecule has 0 aliphatic carbocycles. The fourth-order valence-electron chi connectivity index (χ4n) is 3.35. The van der Waals surface area contributed by atoms with Crippen LogP contribution in [0, 0.1) is 5.82 Å². The number of nitrogens with one attached hydrogen (secondary N) is 1. The lowest BCUT2D eigenvalue weighted by Crippen LogP contribution is -2.49. The summed E-state index contributed by atoms with van der Waals surface area (Å²) in [6.07, 6.45) is 4.98. The number of carbonyl (C=O) groups excluding carboxylic acids is 1. The average molecular weight is 391 g/mol.